The molecule has 22 heavy (non-hydrogen) atoms. The van der Waals surface area contributed by atoms with Crippen molar-refractivity contribution in [2.24, 2.45) is 0 Å². The Bertz CT molecular complexity index is 666. The number of nitrogens with one attached hydrogen (secondary N) is 1. The van der Waals surface area contributed by atoms with Crippen LogP contribution in [0, 0.1) is 6.92 Å². The van der Waals surface area contributed by atoms with Crippen LogP contribution in [0.2, 0.25) is 0 Å². The largest absolute Gasteiger partial charge is 0.399 e. The van der Waals surface area contributed by atoms with Crippen LogP contribution in [0.3, 0.4) is 0 Å². The van der Waals surface area contributed by atoms with Gasteiger partial charge < -0.3 is 15.8 Å². The Morgan fingerprint density at radius 3 is 2.73 bits per heavy atom. The summed E-state index contributed by atoms with van der Waals surface area (Å²) in [4.78, 5) is 12.4. The number of amides is 1. The summed E-state index contributed by atoms with van der Waals surface area (Å²) < 4.78 is 5.58. The molecule has 0 bridgehead atoms. The summed E-state index contributed by atoms with van der Waals surface area (Å²) >= 11 is 0. The quantitative estimate of drug-likeness (QED) is 0.826. The van der Waals surface area contributed by atoms with Crippen molar-refractivity contribution in [1.82, 2.24) is 0 Å². The van der Waals surface area contributed by atoms with Crippen molar-refractivity contribution in [3.8, 4) is 0 Å². The zero-order chi connectivity index (χ0) is 16.1. The highest BCUT2D eigenvalue weighted by atomic mass is 16.5. The summed E-state index contributed by atoms with van der Waals surface area (Å²) in [6.45, 7) is 6.41. The minimum atomic E-state index is -0.160. The highest BCUT2D eigenvalue weighted by Crippen LogP contribution is 2.17. The number of nitrogens with two attached hydrogens (primary N) is 1. The number of hydrogen-bond donors (Lipinski definition) is 2. The van der Waals surface area contributed by atoms with Gasteiger partial charge in [-0.25, -0.2) is 0 Å². The molecule has 4 heteroatoms. The number of carbonyl (C=O) groups excluding carboxylic acids is 1. The monoisotopic (exact) mass is 298 g/mol. The molecule has 2 aromatic carbocycles. The Morgan fingerprint density at radius 2 is 2.00 bits per heavy atom. The molecule has 2 rings (SSSR count). The summed E-state index contributed by atoms with van der Waals surface area (Å²) in [5, 5.41) is 2.90. The van der Waals surface area contributed by atoms with Crippen LogP contribution >= 0.6 is 0 Å². The number of rotatable bonds is 5. The zero-order valence-corrected chi connectivity index (χ0v) is 13.2. The van der Waals surface area contributed by atoms with Gasteiger partial charge >= 0.3 is 0 Å². The Kier molecular flexibility index (Phi) is 5.17. The smallest absolute Gasteiger partial charge is 0.256 e. The van der Waals surface area contributed by atoms with Crippen molar-refractivity contribution in [3.63, 3.8) is 0 Å². The molecule has 0 aliphatic heterocycles. The van der Waals surface area contributed by atoms with E-state index < -0.39 is 0 Å². The minimum absolute atomic E-state index is 0.160. The molecule has 0 aromatic heterocycles. The molecule has 0 fully saturated rings. The molecule has 4 nitrogen and oxygen atoms in total. The highest BCUT2D eigenvalue weighted by molar-refractivity contribution is 6.05. The number of hydrogen-bond acceptors (Lipinski definition) is 3. The molecule has 116 valence electrons. The number of carbonyl (C=O) groups is 1. The van der Waals surface area contributed by atoms with Crippen LogP contribution in [-0.2, 0) is 11.3 Å². The third kappa shape index (κ3) is 4.33. The molecule has 3 N–H and O–H groups in total. The first-order valence-corrected chi connectivity index (χ1v) is 7.33. The van der Waals surface area contributed by atoms with E-state index in [0.717, 1.165) is 16.8 Å². The SMILES string of the molecule is Cc1ccc(N)cc1C(=O)Nc1cccc(COC(C)C)c1. The number of aryl methyl sites for hydroxylation is 1. The van der Waals surface area contributed by atoms with Crippen LogP contribution in [0.15, 0.2) is 42.5 Å². The van der Waals surface area contributed by atoms with Gasteiger partial charge in [-0.15, -0.1) is 0 Å². The number of benzene rings is 2. The Labute approximate surface area is 131 Å². The van der Waals surface area contributed by atoms with Crippen LogP contribution in [0.1, 0.15) is 35.3 Å². The van der Waals surface area contributed by atoms with E-state index >= 15 is 0 Å². The van der Waals surface area contributed by atoms with Crippen LogP contribution < -0.4 is 11.1 Å². The van der Waals surface area contributed by atoms with Crippen molar-refractivity contribution in [1.29, 1.82) is 0 Å². The van der Waals surface area contributed by atoms with Gasteiger partial charge in [-0.1, -0.05) is 18.2 Å². The van der Waals surface area contributed by atoms with Gasteiger partial charge in [0.2, 0.25) is 0 Å². The van der Waals surface area contributed by atoms with E-state index in [9.17, 15) is 4.79 Å². The van der Waals surface area contributed by atoms with Crippen LogP contribution in [0.25, 0.3) is 0 Å². The molecule has 0 saturated heterocycles. The van der Waals surface area contributed by atoms with E-state index in [-0.39, 0.29) is 12.0 Å². The third-order valence-electron chi connectivity index (χ3n) is 3.27. The lowest BCUT2D eigenvalue weighted by Crippen LogP contribution is -2.14. The number of ether oxygens (including phenoxy) is 1. The van der Waals surface area contributed by atoms with Gasteiger partial charge in [0, 0.05) is 16.9 Å². The van der Waals surface area contributed by atoms with E-state index in [1.807, 2.05) is 51.1 Å². The fourth-order valence-electron chi connectivity index (χ4n) is 2.08. The average molecular weight is 298 g/mol. The molecule has 1 amide bonds. The van der Waals surface area contributed by atoms with Crippen molar-refractivity contribution >= 4 is 17.3 Å². The van der Waals surface area contributed by atoms with Crippen molar-refractivity contribution in [2.45, 2.75) is 33.5 Å². The van der Waals surface area contributed by atoms with Gasteiger partial charge in [0.25, 0.3) is 5.91 Å². The molecule has 0 spiro atoms. The fraction of sp³-hybridized carbons (Fsp3) is 0.278. The second kappa shape index (κ2) is 7.09. The van der Waals surface area contributed by atoms with Gasteiger partial charge in [-0.2, -0.15) is 0 Å². The van der Waals surface area contributed by atoms with Crippen molar-refractivity contribution in [3.05, 3.63) is 59.2 Å². The van der Waals surface area contributed by atoms with Gasteiger partial charge in [-0.3, -0.25) is 4.79 Å². The lowest BCUT2D eigenvalue weighted by Gasteiger charge is -2.11. The summed E-state index contributed by atoms with van der Waals surface area (Å²) in [6, 6.07) is 13.0. The van der Waals surface area contributed by atoms with Gasteiger partial charge in [-0.05, 0) is 56.2 Å². The summed E-state index contributed by atoms with van der Waals surface area (Å²) in [6.07, 6.45) is 0.174. The lowest BCUT2D eigenvalue weighted by molar-refractivity contribution is 0.0657. The van der Waals surface area contributed by atoms with Crippen LogP contribution in [0.4, 0.5) is 11.4 Å². The summed E-state index contributed by atoms with van der Waals surface area (Å²) in [5.41, 5.74) is 9.58. The standard InChI is InChI=1S/C18H22N2O2/c1-12(2)22-11-14-5-4-6-16(9-14)20-18(21)17-10-15(19)8-7-13(17)3/h4-10,12H,11,19H2,1-3H3,(H,20,21). The van der Waals surface area contributed by atoms with E-state index in [1.165, 1.54) is 0 Å². The van der Waals surface area contributed by atoms with Crippen molar-refractivity contribution < 1.29 is 9.53 Å². The maximum atomic E-state index is 12.4. The van der Waals surface area contributed by atoms with Crippen LogP contribution in [0.5, 0.6) is 0 Å². The Morgan fingerprint density at radius 1 is 1.23 bits per heavy atom. The average Bonchev–Trinajstić information content (AvgIpc) is 2.48. The number of anilines is 2. The minimum Gasteiger partial charge on any atom is -0.399 e. The van der Waals surface area contributed by atoms with E-state index in [4.69, 9.17) is 10.5 Å². The predicted octanol–water partition coefficient (Wildman–Crippen LogP) is 3.75. The molecule has 0 atom stereocenters. The molecular formula is C18H22N2O2. The summed E-state index contributed by atoms with van der Waals surface area (Å²) in [5.74, 6) is -0.160. The first-order valence-electron chi connectivity index (χ1n) is 7.33. The van der Waals surface area contributed by atoms with Gasteiger partial charge in [0.15, 0.2) is 0 Å². The molecule has 0 aliphatic rings. The maximum Gasteiger partial charge on any atom is 0.256 e. The Balaban J connectivity index is 2.11. The molecule has 0 saturated carbocycles. The molecule has 0 radical (unpaired) electrons. The number of nitrogen functional groups attached to an aromatic ring is 1. The second-order valence-electron chi connectivity index (χ2n) is 5.59. The first kappa shape index (κ1) is 16.0. The van der Waals surface area contributed by atoms with Gasteiger partial charge in [0.1, 0.15) is 0 Å². The fourth-order valence-corrected chi connectivity index (χ4v) is 2.08. The maximum absolute atomic E-state index is 12.4. The van der Waals surface area contributed by atoms with Crippen molar-refractivity contribution in [2.75, 3.05) is 11.1 Å². The first-order chi connectivity index (χ1) is 10.5. The molecule has 0 unspecified atom stereocenters. The summed E-state index contributed by atoms with van der Waals surface area (Å²) in [7, 11) is 0. The van der Waals surface area contributed by atoms with Crippen LogP contribution in [-0.4, -0.2) is 12.0 Å². The normalized spacial score (nSPS) is 10.7. The van der Waals surface area contributed by atoms with E-state index in [2.05, 4.69) is 5.32 Å². The lowest BCUT2D eigenvalue weighted by atomic mass is 10.1. The second-order valence-corrected chi connectivity index (χ2v) is 5.59. The molecule has 0 heterocycles. The van der Waals surface area contributed by atoms with E-state index in [1.54, 1.807) is 12.1 Å². The van der Waals surface area contributed by atoms with Gasteiger partial charge in [0.05, 0.1) is 12.7 Å². The van der Waals surface area contributed by atoms with E-state index in [0.29, 0.717) is 17.9 Å². The Hall–Kier alpha value is -2.33. The molecule has 0 aliphatic carbocycles. The zero-order valence-electron chi connectivity index (χ0n) is 13.2. The molecular weight excluding hydrogens is 276 g/mol. The predicted molar refractivity (Wildman–Crippen MR) is 89.9 cm³/mol. The third-order valence-corrected chi connectivity index (χ3v) is 3.27. The molecule has 2 aromatic rings. The highest BCUT2D eigenvalue weighted by Gasteiger charge is 2.10. The topological polar surface area (TPSA) is 64.4 Å².